The van der Waals surface area contributed by atoms with Gasteiger partial charge in [-0.2, -0.15) is 0 Å². The molecular formula is C15H15FN4O4. The number of nitrogen functional groups attached to an aromatic ring is 1. The quantitative estimate of drug-likeness (QED) is 0.650. The van der Waals surface area contributed by atoms with Crippen molar-refractivity contribution in [3.8, 4) is 11.1 Å². The van der Waals surface area contributed by atoms with Gasteiger partial charge in [0, 0.05) is 17.3 Å². The van der Waals surface area contributed by atoms with Crippen molar-refractivity contribution < 1.29 is 23.8 Å². The normalized spacial score (nSPS) is 27.1. The highest BCUT2D eigenvalue weighted by Gasteiger charge is 2.45. The molecule has 24 heavy (non-hydrogen) atoms. The van der Waals surface area contributed by atoms with Gasteiger partial charge in [-0.25, -0.2) is 14.4 Å². The Hall–Kier alpha value is -2.49. The Bertz CT molecular complexity index is 866. The molecule has 0 aliphatic carbocycles. The SMILES string of the molecule is Nc1ncnc2c1c(-c1ccoc1)cn2[C@@H]1O[C@H](CO)[C@@H](O)[C@H]1F. The second-order valence-corrected chi connectivity index (χ2v) is 5.60. The second-order valence-electron chi connectivity index (χ2n) is 5.60. The molecule has 4 rings (SSSR count). The number of aliphatic hydroxyl groups is 2. The smallest absolute Gasteiger partial charge is 0.173 e. The van der Waals surface area contributed by atoms with E-state index in [1.54, 1.807) is 12.3 Å². The summed E-state index contributed by atoms with van der Waals surface area (Å²) in [5.74, 6) is 0.239. The Morgan fingerprint density at radius 1 is 1.38 bits per heavy atom. The lowest BCUT2D eigenvalue weighted by Gasteiger charge is -2.15. The first-order chi connectivity index (χ1) is 11.6. The Kier molecular flexibility index (Phi) is 3.48. The zero-order valence-electron chi connectivity index (χ0n) is 12.4. The third-order valence-electron chi connectivity index (χ3n) is 4.22. The van der Waals surface area contributed by atoms with Crippen molar-refractivity contribution in [2.24, 2.45) is 0 Å². The lowest BCUT2D eigenvalue weighted by atomic mass is 10.1. The summed E-state index contributed by atoms with van der Waals surface area (Å²) in [6.07, 6.45) is 0.668. The third-order valence-corrected chi connectivity index (χ3v) is 4.22. The highest BCUT2D eigenvalue weighted by atomic mass is 19.1. The summed E-state index contributed by atoms with van der Waals surface area (Å²) in [5, 5.41) is 19.6. The maximum Gasteiger partial charge on any atom is 0.173 e. The van der Waals surface area contributed by atoms with E-state index >= 15 is 0 Å². The molecule has 0 radical (unpaired) electrons. The molecule has 1 aliphatic rings. The van der Waals surface area contributed by atoms with Gasteiger partial charge in [-0.05, 0) is 6.07 Å². The Balaban J connectivity index is 1.90. The number of aromatic nitrogens is 3. The molecule has 0 amide bonds. The summed E-state index contributed by atoms with van der Waals surface area (Å²) in [7, 11) is 0. The molecule has 0 aromatic carbocycles. The van der Waals surface area contributed by atoms with Crippen LogP contribution in [0, 0.1) is 0 Å². The zero-order valence-corrected chi connectivity index (χ0v) is 12.4. The molecule has 4 heterocycles. The van der Waals surface area contributed by atoms with Crippen LogP contribution in [0.5, 0.6) is 0 Å². The molecule has 3 aromatic rings. The molecule has 126 valence electrons. The Morgan fingerprint density at radius 2 is 2.21 bits per heavy atom. The number of aliphatic hydroxyl groups excluding tert-OH is 2. The first-order valence-corrected chi connectivity index (χ1v) is 7.34. The number of nitrogens with zero attached hydrogens (tertiary/aromatic N) is 3. The minimum absolute atomic E-state index is 0.239. The van der Waals surface area contributed by atoms with E-state index in [-0.39, 0.29) is 5.82 Å². The van der Waals surface area contributed by atoms with E-state index in [2.05, 4.69) is 9.97 Å². The largest absolute Gasteiger partial charge is 0.472 e. The number of rotatable bonds is 3. The fourth-order valence-corrected chi connectivity index (χ4v) is 3.02. The van der Waals surface area contributed by atoms with Gasteiger partial charge in [0.2, 0.25) is 0 Å². The van der Waals surface area contributed by atoms with Crippen LogP contribution in [0.4, 0.5) is 10.2 Å². The summed E-state index contributed by atoms with van der Waals surface area (Å²) in [4.78, 5) is 8.16. The fourth-order valence-electron chi connectivity index (χ4n) is 3.02. The molecule has 4 atom stereocenters. The number of hydrogen-bond acceptors (Lipinski definition) is 7. The molecule has 0 spiro atoms. The van der Waals surface area contributed by atoms with Crippen LogP contribution in [0.15, 0.2) is 35.5 Å². The molecule has 4 N–H and O–H groups in total. The monoisotopic (exact) mass is 334 g/mol. The lowest BCUT2D eigenvalue weighted by molar-refractivity contribution is -0.0457. The topological polar surface area (TPSA) is 120 Å². The van der Waals surface area contributed by atoms with Gasteiger partial charge in [-0.15, -0.1) is 0 Å². The summed E-state index contributed by atoms with van der Waals surface area (Å²) >= 11 is 0. The summed E-state index contributed by atoms with van der Waals surface area (Å²) in [5.41, 5.74) is 7.74. The number of fused-ring (bicyclic) bond motifs is 1. The predicted octanol–water partition coefficient (Wildman–Crippen LogP) is 0.862. The van der Waals surface area contributed by atoms with Crippen molar-refractivity contribution in [1.82, 2.24) is 14.5 Å². The van der Waals surface area contributed by atoms with Crippen molar-refractivity contribution in [2.45, 2.75) is 24.6 Å². The van der Waals surface area contributed by atoms with Crippen LogP contribution < -0.4 is 5.73 Å². The zero-order chi connectivity index (χ0) is 16.8. The lowest BCUT2D eigenvalue weighted by Crippen LogP contribution is -2.30. The number of anilines is 1. The van der Waals surface area contributed by atoms with E-state index in [4.69, 9.17) is 14.9 Å². The molecular weight excluding hydrogens is 319 g/mol. The average molecular weight is 334 g/mol. The van der Waals surface area contributed by atoms with E-state index in [0.717, 1.165) is 5.56 Å². The predicted molar refractivity (Wildman–Crippen MR) is 81.5 cm³/mol. The molecule has 9 heteroatoms. The molecule has 3 aromatic heterocycles. The number of nitrogens with two attached hydrogens (primary N) is 1. The van der Waals surface area contributed by atoms with Crippen molar-refractivity contribution in [3.05, 3.63) is 31.1 Å². The van der Waals surface area contributed by atoms with Gasteiger partial charge in [0.1, 0.15) is 30.0 Å². The highest BCUT2D eigenvalue weighted by molar-refractivity contribution is 6.00. The maximum atomic E-state index is 14.5. The highest BCUT2D eigenvalue weighted by Crippen LogP contribution is 2.39. The van der Waals surface area contributed by atoms with Crippen LogP contribution in [0.3, 0.4) is 0 Å². The van der Waals surface area contributed by atoms with E-state index in [0.29, 0.717) is 16.6 Å². The van der Waals surface area contributed by atoms with Crippen LogP contribution in [0.25, 0.3) is 22.2 Å². The average Bonchev–Trinajstić information content (AvgIpc) is 3.28. The maximum absolute atomic E-state index is 14.5. The van der Waals surface area contributed by atoms with Gasteiger partial charge in [0.15, 0.2) is 12.4 Å². The van der Waals surface area contributed by atoms with Crippen molar-refractivity contribution in [3.63, 3.8) is 0 Å². The molecule has 0 saturated carbocycles. The Morgan fingerprint density at radius 3 is 2.88 bits per heavy atom. The Labute approximate surface area is 135 Å². The van der Waals surface area contributed by atoms with Gasteiger partial charge in [-0.3, -0.25) is 0 Å². The van der Waals surface area contributed by atoms with Gasteiger partial charge in [-0.1, -0.05) is 0 Å². The fraction of sp³-hybridized carbons (Fsp3) is 0.333. The van der Waals surface area contributed by atoms with E-state index in [1.807, 2.05) is 0 Å². The second kappa shape index (κ2) is 5.55. The van der Waals surface area contributed by atoms with Gasteiger partial charge in [0.25, 0.3) is 0 Å². The van der Waals surface area contributed by atoms with Crippen molar-refractivity contribution >= 4 is 16.9 Å². The van der Waals surface area contributed by atoms with Gasteiger partial charge in [0.05, 0.1) is 24.5 Å². The molecule has 8 nitrogen and oxygen atoms in total. The van der Waals surface area contributed by atoms with Crippen LogP contribution >= 0.6 is 0 Å². The molecule has 0 bridgehead atoms. The van der Waals surface area contributed by atoms with E-state index < -0.39 is 31.2 Å². The summed E-state index contributed by atoms with van der Waals surface area (Å²) in [6, 6.07) is 1.74. The molecule has 1 saturated heterocycles. The van der Waals surface area contributed by atoms with Gasteiger partial charge >= 0.3 is 0 Å². The standard InChI is InChI=1S/C15H15FN4O4/c16-11-12(22)9(4-21)24-15(11)20-3-8(7-1-2-23-5-7)10-13(17)18-6-19-14(10)20/h1-3,5-6,9,11-12,15,21-22H,4H2,(H2,17,18,19)/t9-,11-,12-,15-/m1/s1. The minimum Gasteiger partial charge on any atom is -0.472 e. The molecule has 0 unspecified atom stereocenters. The summed E-state index contributed by atoms with van der Waals surface area (Å²) in [6.45, 7) is -0.483. The van der Waals surface area contributed by atoms with E-state index in [9.17, 15) is 14.6 Å². The third kappa shape index (κ3) is 2.09. The summed E-state index contributed by atoms with van der Waals surface area (Å²) < 4.78 is 26.5. The number of halogens is 1. The van der Waals surface area contributed by atoms with E-state index in [1.165, 1.54) is 23.4 Å². The van der Waals surface area contributed by atoms with Crippen LogP contribution in [-0.2, 0) is 4.74 Å². The van der Waals surface area contributed by atoms with Crippen molar-refractivity contribution in [2.75, 3.05) is 12.3 Å². The number of ether oxygens (including phenoxy) is 1. The van der Waals surface area contributed by atoms with Crippen LogP contribution in [-0.4, -0.2) is 49.7 Å². The minimum atomic E-state index is -1.72. The van der Waals surface area contributed by atoms with Crippen LogP contribution in [0.2, 0.25) is 0 Å². The first-order valence-electron chi connectivity index (χ1n) is 7.34. The first kappa shape index (κ1) is 15.1. The van der Waals surface area contributed by atoms with Gasteiger partial charge < -0.3 is 29.7 Å². The number of furan rings is 1. The number of hydrogen-bond donors (Lipinski definition) is 3. The van der Waals surface area contributed by atoms with Crippen molar-refractivity contribution in [1.29, 1.82) is 0 Å². The number of alkyl halides is 1. The molecule has 1 fully saturated rings. The van der Waals surface area contributed by atoms with Crippen LogP contribution in [0.1, 0.15) is 6.23 Å². The molecule has 1 aliphatic heterocycles.